The van der Waals surface area contributed by atoms with Crippen LogP contribution in [0.4, 0.5) is 0 Å². The third-order valence-corrected chi connectivity index (χ3v) is 5.81. The average Bonchev–Trinajstić information content (AvgIpc) is 2.80. The number of nitrogens with one attached hydrogen (secondary N) is 1. The zero-order valence-electron chi connectivity index (χ0n) is 11.6. The van der Waals surface area contributed by atoms with Crippen LogP contribution in [0.3, 0.4) is 0 Å². The summed E-state index contributed by atoms with van der Waals surface area (Å²) >= 11 is 0. The van der Waals surface area contributed by atoms with Crippen molar-refractivity contribution in [1.82, 2.24) is 14.9 Å². The molecule has 0 aliphatic heterocycles. The van der Waals surface area contributed by atoms with Gasteiger partial charge in [-0.3, -0.25) is 5.32 Å². The molecule has 1 N–H and O–H groups in total. The smallest absolute Gasteiger partial charge is 0.377 e. The van der Waals surface area contributed by atoms with Gasteiger partial charge in [-0.25, -0.2) is 4.98 Å². The Labute approximate surface area is 110 Å². The van der Waals surface area contributed by atoms with Gasteiger partial charge in [-0.2, -0.15) is 0 Å². The molecule has 0 aromatic carbocycles. The molecule has 18 heavy (non-hydrogen) atoms. The molecule has 0 atom stereocenters. The second-order valence-electron chi connectivity index (χ2n) is 4.00. The molecular formula is C11H23N3O3Si. The Hall–Kier alpha value is -0.733. The third-order valence-electron chi connectivity index (χ3n) is 2.98. The highest BCUT2D eigenvalue weighted by Gasteiger charge is 2.36. The second-order valence-corrected chi connectivity index (χ2v) is 7.09. The van der Waals surface area contributed by atoms with Crippen LogP contribution in [0.25, 0.3) is 0 Å². The van der Waals surface area contributed by atoms with E-state index >= 15 is 0 Å². The molecule has 0 fully saturated rings. The van der Waals surface area contributed by atoms with Gasteiger partial charge in [0.1, 0.15) is 5.82 Å². The molecule has 0 spiro atoms. The molecule has 0 unspecified atom stereocenters. The van der Waals surface area contributed by atoms with E-state index in [2.05, 4.69) is 14.9 Å². The van der Waals surface area contributed by atoms with E-state index in [0.717, 1.165) is 31.5 Å². The molecule has 7 heteroatoms. The average molecular weight is 273 g/mol. The summed E-state index contributed by atoms with van der Waals surface area (Å²) in [6.45, 7) is 3.65. The fraction of sp³-hybridized carbons (Fsp3) is 0.727. The minimum Gasteiger partial charge on any atom is -0.377 e. The van der Waals surface area contributed by atoms with Crippen LogP contribution in [0.5, 0.6) is 0 Å². The minimum absolute atomic E-state index is 0.771. The van der Waals surface area contributed by atoms with Gasteiger partial charge in [0.05, 0.1) is 6.67 Å². The van der Waals surface area contributed by atoms with Gasteiger partial charge in [0.15, 0.2) is 0 Å². The molecule has 6 nitrogen and oxygen atoms in total. The molecule has 0 radical (unpaired) electrons. The Balaban J connectivity index is 2.20. The van der Waals surface area contributed by atoms with Crippen molar-refractivity contribution in [2.24, 2.45) is 0 Å². The highest BCUT2D eigenvalue weighted by Crippen LogP contribution is 2.14. The lowest BCUT2D eigenvalue weighted by Crippen LogP contribution is -2.43. The van der Waals surface area contributed by atoms with Crippen LogP contribution in [0.1, 0.15) is 12.2 Å². The third kappa shape index (κ3) is 4.18. The SMILES string of the molecule is CO[Si](CCCNCn1ccnc1C)(OC)OC. The monoisotopic (exact) mass is 273 g/mol. The molecular weight excluding hydrogens is 250 g/mol. The number of hydrogen-bond donors (Lipinski definition) is 1. The number of rotatable bonds is 9. The van der Waals surface area contributed by atoms with Gasteiger partial charge in [-0.05, 0) is 19.9 Å². The fourth-order valence-electron chi connectivity index (χ4n) is 1.76. The van der Waals surface area contributed by atoms with E-state index in [4.69, 9.17) is 13.3 Å². The number of hydrogen-bond acceptors (Lipinski definition) is 5. The lowest BCUT2D eigenvalue weighted by atomic mass is 10.5. The van der Waals surface area contributed by atoms with Gasteiger partial charge in [0, 0.05) is 39.8 Å². The summed E-state index contributed by atoms with van der Waals surface area (Å²) in [7, 11) is 2.52. The van der Waals surface area contributed by atoms with E-state index < -0.39 is 8.80 Å². The molecule has 0 bridgehead atoms. The molecule has 0 saturated heterocycles. The first-order chi connectivity index (χ1) is 8.67. The summed E-state index contributed by atoms with van der Waals surface area (Å²) in [6, 6.07) is 0.812. The zero-order chi connectivity index (χ0) is 13.4. The number of imidazole rings is 1. The van der Waals surface area contributed by atoms with Crippen molar-refractivity contribution in [2.75, 3.05) is 27.9 Å². The van der Waals surface area contributed by atoms with Crippen LogP contribution < -0.4 is 5.32 Å². The maximum Gasteiger partial charge on any atom is 0.500 e. The molecule has 104 valence electrons. The number of aryl methyl sites for hydroxylation is 1. The molecule has 0 amide bonds. The Morgan fingerprint density at radius 2 is 1.94 bits per heavy atom. The van der Waals surface area contributed by atoms with E-state index in [1.165, 1.54) is 0 Å². The normalized spacial score (nSPS) is 12.0. The van der Waals surface area contributed by atoms with Gasteiger partial charge in [0.2, 0.25) is 0 Å². The molecule has 1 aromatic rings. The van der Waals surface area contributed by atoms with Crippen LogP contribution in [0.2, 0.25) is 6.04 Å². The van der Waals surface area contributed by atoms with Crippen LogP contribution >= 0.6 is 0 Å². The Morgan fingerprint density at radius 3 is 2.44 bits per heavy atom. The predicted molar refractivity (Wildman–Crippen MR) is 71.2 cm³/mol. The quantitative estimate of drug-likeness (QED) is 0.537. The maximum absolute atomic E-state index is 5.36. The Morgan fingerprint density at radius 1 is 1.28 bits per heavy atom. The van der Waals surface area contributed by atoms with Gasteiger partial charge in [-0.15, -0.1) is 0 Å². The van der Waals surface area contributed by atoms with Crippen molar-refractivity contribution in [3.63, 3.8) is 0 Å². The van der Waals surface area contributed by atoms with Gasteiger partial charge >= 0.3 is 8.80 Å². The van der Waals surface area contributed by atoms with Crippen LogP contribution in [-0.2, 0) is 19.9 Å². The fourth-order valence-corrected chi connectivity index (χ4v) is 3.48. The molecule has 1 rings (SSSR count). The first-order valence-corrected chi connectivity index (χ1v) is 7.94. The highest BCUT2D eigenvalue weighted by molar-refractivity contribution is 6.60. The number of aromatic nitrogens is 2. The summed E-state index contributed by atoms with van der Waals surface area (Å²) in [5.74, 6) is 1.01. The lowest BCUT2D eigenvalue weighted by molar-refractivity contribution is 0.123. The van der Waals surface area contributed by atoms with Crippen LogP contribution in [-0.4, -0.2) is 46.2 Å². The molecule has 0 aliphatic carbocycles. The lowest BCUT2D eigenvalue weighted by Gasteiger charge is -2.24. The minimum atomic E-state index is -2.40. The van der Waals surface area contributed by atoms with Crippen molar-refractivity contribution < 1.29 is 13.3 Å². The summed E-state index contributed by atoms with van der Waals surface area (Å²) in [6.07, 6.45) is 4.71. The maximum atomic E-state index is 5.36. The van der Waals surface area contributed by atoms with Gasteiger partial charge < -0.3 is 17.8 Å². The molecule has 0 saturated carbocycles. The Kier molecular flexibility index (Phi) is 6.51. The first kappa shape index (κ1) is 15.3. The first-order valence-electron chi connectivity index (χ1n) is 6.01. The van der Waals surface area contributed by atoms with E-state index in [1.807, 2.05) is 13.1 Å². The van der Waals surface area contributed by atoms with Gasteiger partial charge in [-0.1, -0.05) is 0 Å². The summed E-state index contributed by atoms with van der Waals surface area (Å²) in [5, 5.41) is 3.35. The summed E-state index contributed by atoms with van der Waals surface area (Å²) < 4.78 is 18.1. The Bertz CT molecular complexity index is 334. The zero-order valence-corrected chi connectivity index (χ0v) is 12.6. The van der Waals surface area contributed by atoms with Crippen molar-refractivity contribution in [2.45, 2.75) is 26.1 Å². The summed E-state index contributed by atoms with van der Waals surface area (Å²) in [4.78, 5) is 4.16. The number of nitrogens with zero attached hydrogens (tertiary/aromatic N) is 2. The van der Waals surface area contributed by atoms with Crippen molar-refractivity contribution >= 4 is 8.80 Å². The topological polar surface area (TPSA) is 57.5 Å². The molecule has 1 aromatic heterocycles. The molecule has 0 aliphatic rings. The summed E-state index contributed by atoms with van der Waals surface area (Å²) in [5.41, 5.74) is 0. The standard InChI is InChI=1S/C11H23N3O3Si/c1-11-13-7-8-14(11)10-12-6-5-9-18(15-2,16-3)17-4/h7-8,12H,5-6,9-10H2,1-4H3. The van der Waals surface area contributed by atoms with Gasteiger partial charge in [0.25, 0.3) is 0 Å². The van der Waals surface area contributed by atoms with Crippen LogP contribution in [0.15, 0.2) is 12.4 Å². The molecule has 1 heterocycles. The van der Waals surface area contributed by atoms with E-state index in [1.54, 1.807) is 27.5 Å². The second kappa shape index (κ2) is 7.65. The van der Waals surface area contributed by atoms with Crippen LogP contribution in [0, 0.1) is 6.92 Å². The van der Waals surface area contributed by atoms with E-state index in [9.17, 15) is 0 Å². The van der Waals surface area contributed by atoms with Crippen molar-refractivity contribution in [3.05, 3.63) is 18.2 Å². The highest BCUT2D eigenvalue weighted by atomic mass is 28.4. The van der Waals surface area contributed by atoms with Crippen molar-refractivity contribution in [3.8, 4) is 0 Å². The largest absolute Gasteiger partial charge is 0.500 e. The van der Waals surface area contributed by atoms with Crippen molar-refractivity contribution in [1.29, 1.82) is 0 Å². The van der Waals surface area contributed by atoms with E-state index in [-0.39, 0.29) is 0 Å². The predicted octanol–water partition coefficient (Wildman–Crippen LogP) is 1.01. The van der Waals surface area contributed by atoms with E-state index in [0.29, 0.717) is 0 Å².